The van der Waals surface area contributed by atoms with Gasteiger partial charge in [0, 0.05) is 17.9 Å². The Morgan fingerprint density at radius 2 is 1.90 bits per heavy atom. The highest BCUT2D eigenvalue weighted by Gasteiger charge is 2.14. The minimum absolute atomic E-state index is 0.0653. The summed E-state index contributed by atoms with van der Waals surface area (Å²) in [4.78, 5) is 12.5. The SMILES string of the molecule is CCNc1ccccc1C(=O)Nc1ccc2c(c1)CCC2. The molecule has 0 atom stereocenters. The number of hydrogen-bond donors (Lipinski definition) is 2. The van der Waals surface area contributed by atoms with Gasteiger partial charge in [-0.25, -0.2) is 0 Å². The van der Waals surface area contributed by atoms with Gasteiger partial charge in [0.1, 0.15) is 0 Å². The second-order valence-electron chi connectivity index (χ2n) is 5.37. The number of benzene rings is 2. The van der Waals surface area contributed by atoms with Crippen molar-refractivity contribution in [2.24, 2.45) is 0 Å². The molecule has 1 aliphatic carbocycles. The van der Waals surface area contributed by atoms with Crippen molar-refractivity contribution in [3.8, 4) is 0 Å². The molecule has 2 N–H and O–H groups in total. The van der Waals surface area contributed by atoms with Crippen LogP contribution in [0.25, 0.3) is 0 Å². The Kier molecular flexibility index (Phi) is 3.91. The first-order chi connectivity index (χ1) is 10.3. The molecule has 2 aromatic rings. The molecule has 0 bridgehead atoms. The Labute approximate surface area is 125 Å². The van der Waals surface area contributed by atoms with Crippen LogP contribution >= 0.6 is 0 Å². The summed E-state index contributed by atoms with van der Waals surface area (Å²) in [5.74, 6) is -0.0653. The molecular formula is C18H20N2O. The normalized spacial score (nSPS) is 12.8. The molecule has 0 spiro atoms. The smallest absolute Gasteiger partial charge is 0.257 e. The molecule has 1 aliphatic rings. The Morgan fingerprint density at radius 1 is 1.10 bits per heavy atom. The summed E-state index contributed by atoms with van der Waals surface area (Å²) in [6, 6.07) is 13.8. The number of anilines is 2. The van der Waals surface area contributed by atoms with Gasteiger partial charge in [0.05, 0.1) is 5.56 Å². The molecule has 21 heavy (non-hydrogen) atoms. The highest BCUT2D eigenvalue weighted by Crippen LogP contribution is 2.25. The lowest BCUT2D eigenvalue weighted by atomic mass is 10.1. The van der Waals surface area contributed by atoms with Gasteiger partial charge in [-0.3, -0.25) is 4.79 Å². The van der Waals surface area contributed by atoms with Crippen LogP contribution in [0.3, 0.4) is 0 Å². The maximum atomic E-state index is 12.5. The van der Waals surface area contributed by atoms with Gasteiger partial charge in [-0.2, -0.15) is 0 Å². The van der Waals surface area contributed by atoms with Crippen molar-refractivity contribution in [1.82, 2.24) is 0 Å². The molecule has 3 rings (SSSR count). The number of aryl methyl sites for hydroxylation is 2. The Balaban J connectivity index is 1.80. The maximum absolute atomic E-state index is 12.5. The van der Waals surface area contributed by atoms with Crippen LogP contribution in [0.5, 0.6) is 0 Å². The van der Waals surface area contributed by atoms with Gasteiger partial charge in [0.25, 0.3) is 5.91 Å². The van der Waals surface area contributed by atoms with Crippen LogP contribution < -0.4 is 10.6 Å². The van der Waals surface area contributed by atoms with E-state index in [9.17, 15) is 4.79 Å². The van der Waals surface area contributed by atoms with E-state index in [-0.39, 0.29) is 5.91 Å². The first-order valence-electron chi connectivity index (χ1n) is 7.54. The summed E-state index contributed by atoms with van der Waals surface area (Å²) >= 11 is 0. The van der Waals surface area contributed by atoms with Gasteiger partial charge < -0.3 is 10.6 Å². The van der Waals surface area contributed by atoms with Crippen molar-refractivity contribution in [2.45, 2.75) is 26.2 Å². The molecule has 0 unspecified atom stereocenters. The van der Waals surface area contributed by atoms with E-state index >= 15 is 0 Å². The molecule has 0 aromatic heterocycles. The van der Waals surface area contributed by atoms with Crippen LogP contribution in [0.2, 0.25) is 0 Å². The fourth-order valence-electron chi connectivity index (χ4n) is 2.87. The number of nitrogens with one attached hydrogen (secondary N) is 2. The van der Waals surface area contributed by atoms with Gasteiger partial charge in [0.15, 0.2) is 0 Å². The molecule has 1 amide bonds. The van der Waals surface area contributed by atoms with Crippen LogP contribution in [0.1, 0.15) is 34.8 Å². The molecule has 0 saturated heterocycles. The van der Waals surface area contributed by atoms with Gasteiger partial charge in [-0.1, -0.05) is 18.2 Å². The highest BCUT2D eigenvalue weighted by atomic mass is 16.1. The summed E-state index contributed by atoms with van der Waals surface area (Å²) < 4.78 is 0. The fourth-order valence-corrected chi connectivity index (χ4v) is 2.87. The Bertz CT molecular complexity index is 664. The van der Waals surface area contributed by atoms with Crippen molar-refractivity contribution in [3.05, 3.63) is 59.2 Å². The van der Waals surface area contributed by atoms with Crippen molar-refractivity contribution in [1.29, 1.82) is 0 Å². The van der Waals surface area contributed by atoms with E-state index in [1.54, 1.807) is 0 Å². The highest BCUT2D eigenvalue weighted by molar-refractivity contribution is 6.08. The van der Waals surface area contributed by atoms with Crippen LogP contribution in [0.4, 0.5) is 11.4 Å². The zero-order valence-corrected chi connectivity index (χ0v) is 12.3. The van der Waals surface area contributed by atoms with Crippen molar-refractivity contribution < 1.29 is 4.79 Å². The third-order valence-corrected chi connectivity index (χ3v) is 3.90. The summed E-state index contributed by atoms with van der Waals surface area (Å²) in [7, 11) is 0. The number of carbonyl (C=O) groups excluding carboxylic acids is 1. The van der Waals surface area contributed by atoms with Crippen LogP contribution in [0.15, 0.2) is 42.5 Å². The van der Waals surface area contributed by atoms with Gasteiger partial charge >= 0.3 is 0 Å². The van der Waals surface area contributed by atoms with E-state index in [4.69, 9.17) is 0 Å². The Hall–Kier alpha value is -2.29. The molecule has 3 nitrogen and oxygen atoms in total. The molecular weight excluding hydrogens is 260 g/mol. The summed E-state index contributed by atoms with van der Waals surface area (Å²) in [5, 5.41) is 6.23. The van der Waals surface area contributed by atoms with E-state index < -0.39 is 0 Å². The second kappa shape index (κ2) is 6.00. The lowest BCUT2D eigenvalue weighted by molar-refractivity contribution is 0.102. The minimum Gasteiger partial charge on any atom is -0.385 e. The van der Waals surface area contributed by atoms with Crippen LogP contribution in [-0.4, -0.2) is 12.5 Å². The molecule has 3 heteroatoms. The minimum atomic E-state index is -0.0653. The topological polar surface area (TPSA) is 41.1 Å². The third-order valence-electron chi connectivity index (χ3n) is 3.90. The summed E-state index contributed by atoms with van der Waals surface area (Å²) in [6.45, 7) is 2.82. The standard InChI is InChI=1S/C18H20N2O/c1-2-19-17-9-4-3-8-16(17)18(21)20-15-11-10-13-6-5-7-14(13)12-15/h3-4,8-12,19H,2,5-7H2,1H3,(H,20,21). The number of fused-ring (bicyclic) bond motifs is 1. The molecule has 108 valence electrons. The average molecular weight is 280 g/mol. The zero-order chi connectivity index (χ0) is 14.7. The third kappa shape index (κ3) is 2.92. The van der Waals surface area contributed by atoms with Crippen LogP contribution in [-0.2, 0) is 12.8 Å². The quantitative estimate of drug-likeness (QED) is 0.893. The number of amides is 1. The van der Waals surface area contributed by atoms with Gasteiger partial charge in [-0.15, -0.1) is 0 Å². The number of rotatable bonds is 4. The summed E-state index contributed by atoms with van der Waals surface area (Å²) in [5.41, 5.74) is 5.22. The average Bonchev–Trinajstić information content (AvgIpc) is 2.95. The molecule has 0 heterocycles. The van der Waals surface area contributed by atoms with Crippen LogP contribution in [0, 0.1) is 0 Å². The molecule has 0 saturated carbocycles. The van der Waals surface area contributed by atoms with Gasteiger partial charge in [-0.05, 0) is 61.6 Å². The van der Waals surface area contributed by atoms with Crippen molar-refractivity contribution >= 4 is 17.3 Å². The van der Waals surface area contributed by atoms with E-state index in [0.29, 0.717) is 5.56 Å². The number of carbonyl (C=O) groups is 1. The predicted octanol–water partition coefficient (Wildman–Crippen LogP) is 3.86. The van der Waals surface area contributed by atoms with E-state index in [2.05, 4.69) is 22.8 Å². The number of para-hydroxylation sites is 1. The van der Waals surface area contributed by atoms with E-state index in [1.807, 2.05) is 37.3 Å². The molecule has 0 aliphatic heterocycles. The van der Waals surface area contributed by atoms with Crippen molar-refractivity contribution in [2.75, 3.05) is 17.2 Å². The first-order valence-corrected chi connectivity index (χ1v) is 7.54. The first kappa shape index (κ1) is 13.7. The maximum Gasteiger partial charge on any atom is 0.257 e. The fraction of sp³-hybridized carbons (Fsp3) is 0.278. The Morgan fingerprint density at radius 3 is 2.76 bits per heavy atom. The van der Waals surface area contributed by atoms with E-state index in [1.165, 1.54) is 17.5 Å². The summed E-state index contributed by atoms with van der Waals surface area (Å²) in [6.07, 6.45) is 3.50. The molecule has 0 radical (unpaired) electrons. The zero-order valence-electron chi connectivity index (χ0n) is 12.3. The monoisotopic (exact) mass is 280 g/mol. The lowest BCUT2D eigenvalue weighted by Crippen LogP contribution is -2.14. The largest absolute Gasteiger partial charge is 0.385 e. The second-order valence-corrected chi connectivity index (χ2v) is 5.37. The molecule has 0 fully saturated rings. The molecule has 2 aromatic carbocycles. The number of hydrogen-bond acceptors (Lipinski definition) is 2. The predicted molar refractivity (Wildman–Crippen MR) is 87.0 cm³/mol. The van der Waals surface area contributed by atoms with Crippen molar-refractivity contribution in [3.63, 3.8) is 0 Å². The van der Waals surface area contributed by atoms with Gasteiger partial charge in [0.2, 0.25) is 0 Å². The van der Waals surface area contributed by atoms with E-state index in [0.717, 1.165) is 30.8 Å². The lowest BCUT2D eigenvalue weighted by Gasteiger charge is -2.11.